The van der Waals surface area contributed by atoms with Gasteiger partial charge in [0.05, 0.1) is 26.4 Å². The number of nitrogens with one attached hydrogen (secondary N) is 3. The SMILES string of the molecule is NCCOCCOCCNc1nc(NCc2ccc3c(c2)OCO3)nc(NCc2cccc3c2OCO3)n1. The van der Waals surface area contributed by atoms with E-state index in [1.54, 1.807) is 0 Å². The van der Waals surface area contributed by atoms with Crippen molar-refractivity contribution < 1.29 is 28.4 Å². The van der Waals surface area contributed by atoms with E-state index in [1.165, 1.54) is 0 Å². The van der Waals surface area contributed by atoms with Gasteiger partial charge in [-0.2, -0.15) is 15.0 Å². The molecule has 0 radical (unpaired) electrons. The second-order valence-electron chi connectivity index (χ2n) is 8.29. The maximum atomic E-state index is 5.60. The quantitative estimate of drug-likeness (QED) is 0.214. The second-order valence-corrected chi connectivity index (χ2v) is 8.29. The summed E-state index contributed by atoms with van der Waals surface area (Å²) in [7, 11) is 0. The summed E-state index contributed by atoms with van der Waals surface area (Å²) in [6.07, 6.45) is 0. The molecule has 5 N–H and O–H groups in total. The van der Waals surface area contributed by atoms with Gasteiger partial charge in [-0.05, 0) is 23.8 Å². The molecule has 1 aromatic heterocycles. The molecule has 202 valence electrons. The fraction of sp³-hybridized carbons (Fsp3) is 0.400. The van der Waals surface area contributed by atoms with Gasteiger partial charge >= 0.3 is 0 Å². The van der Waals surface area contributed by atoms with Crippen LogP contribution in [0.25, 0.3) is 0 Å². The monoisotopic (exact) mass is 525 g/mol. The van der Waals surface area contributed by atoms with Gasteiger partial charge in [0.1, 0.15) is 0 Å². The molecule has 2 aliphatic rings. The summed E-state index contributed by atoms with van der Waals surface area (Å²) in [4.78, 5) is 13.6. The molecule has 13 nitrogen and oxygen atoms in total. The molecule has 0 atom stereocenters. The van der Waals surface area contributed by atoms with Gasteiger partial charge in [-0.3, -0.25) is 0 Å². The Labute approximate surface area is 220 Å². The first kappa shape index (κ1) is 25.6. The van der Waals surface area contributed by atoms with Crippen molar-refractivity contribution in [3.05, 3.63) is 47.5 Å². The zero-order chi connectivity index (χ0) is 26.0. The molecule has 0 spiro atoms. The molecule has 0 bridgehead atoms. The Morgan fingerprint density at radius 3 is 2.26 bits per heavy atom. The van der Waals surface area contributed by atoms with Crippen molar-refractivity contribution in [1.82, 2.24) is 15.0 Å². The Morgan fingerprint density at radius 2 is 1.42 bits per heavy atom. The third-order valence-corrected chi connectivity index (χ3v) is 5.60. The average Bonchev–Trinajstić information content (AvgIpc) is 3.62. The van der Waals surface area contributed by atoms with E-state index in [0.29, 0.717) is 70.5 Å². The van der Waals surface area contributed by atoms with Crippen LogP contribution in [0, 0.1) is 0 Å². The number of nitrogens with two attached hydrogens (primary N) is 1. The fourth-order valence-corrected chi connectivity index (χ4v) is 3.79. The molecule has 3 heterocycles. The van der Waals surface area contributed by atoms with E-state index in [4.69, 9.17) is 34.2 Å². The minimum atomic E-state index is 0.210. The molecular formula is C25H31N7O6. The number of para-hydroxylation sites is 1. The van der Waals surface area contributed by atoms with Crippen molar-refractivity contribution in [3.8, 4) is 23.0 Å². The highest BCUT2D eigenvalue weighted by Gasteiger charge is 2.18. The van der Waals surface area contributed by atoms with Crippen LogP contribution in [0.3, 0.4) is 0 Å². The van der Waals surface area contributed by atoms with Crippen LogP contribution >= 0.6 is 0 Å². The zero-order valence-corrected chi connectivity index (χ0v) is 20.9. The van der Waals surface area contributed by atoms with E-state index in [9.17, 15) is 0 Å². The van der Waals surface area contributed by atoms with Crippen molar-refractivity contribution >= 4 is 17.8 Å². The van der Waals surface area contributed by atoms with Gasteiger partial charge in [0.2, 0.25) is 31.4 Å². The van der Waals surface area contributed by atoms with Crippen molar-refractivity contribution in [2.75, 3.05) is 69.1 Å². The Bertz CT molecular complexity index is 1210. The highest BCUT2D eigenvalue weighted by atomic mass is 16.7. The Balaban J connectivity index is 1.21. The predicted octanol–water partition coefficient (Wildman–Crippen LogP) is 1.96. The highest BCUT2D eigenvalue weighted by Crippen LogP contribution is 2.35. The summed E-state index contributed by atoms with van der Waals surface area (Å²) in [5, 5.41) is 9.71. The molecule has 0 amide bonds. The van der Waals surface area contributed by atoms with Crippen molar-refractivity contribution in [2.45, 2.75) is 13.1 Å². The third-order valence-electron chi connectivity index (χ3n) is 5.60. The average molecular weight is 526 g/mol. The summed E-state index contributed by atoms with van der Waals surface area (Å²) < 4.78 is 32.8. The molecule has 2 aliphatic heterocycles. The lowest BCUT2D eigenvalue weighted by Gasteiger charge is -2.12. The molecular weight excluding hydrogens is 494 g/mol. The van der Waals surface area contributed by atoms with E-state index in [-0.39, 0.29) is 13.6 Å². The normalized spacial score (nSPS) is 13.0. The molecule has 0 fully saturated rings. The van der Waals surface area contributed by atoms with Crippen LogP contribution in [-0.4, -0.2) is 68.1 Å². The van der Waals surface area contributed by atoms with Gasteiger partial charge < -0.3 is 50.1 Å². The largest absolute Gasteiger partial charge is 0.454 e. The van der Waals surface area contributed by atoms with E-state index in [2.05, 4.69) is 30.9 Å². The highest BCUT2D eigenvalue weighted by molar-refractivity contribution is 5.50. The Kier molecular flexibility index (Phi) is 8.71. The Morgan fingerprint density at radius 1 is 0.711 bits per heavy atom. The third kappa shape index (κ3) is 6.82. The standard InChI is InChI=1S/C25H31N7O6/c26-6-8-33-10-11-34-9-7-27-23-30-24(28-13-17-4-5-19-21(12-17)37-15-35-19)32-25(31-23)29-14-18-2-1-3-20-22(18)38-16-36-20/h1-5,12H,6-11,13-16,26H2,(H3,27,28,29,30,31,32). The lowest BCUT2D eigenvalue weighted by Crippen LogP contribution is -2.17. The Hall–Kier alpha value is -4.07. The first-order chi connectivity index (χ1) is 18.8. The molecule has 0 unspecified atom stereocenters. The van der Waals surface area contributed by atoms with E-state index >= 15 is 0 Å². The number of hydrogen-bond donors (Lipinski definition) is 4. The van der Waals surface area contributed by atoms with Crippen LogP contribution in [0.15, 0.2) is 36.4 Å². The number of hydrogen-bond acceptors (Lipinski definition) is 13. The maximum absolute atomic E-state index is 5.60. The first-order valence-corrected chi connectivity index (χ1v) is 12.4. The summed E-state index contributed by atoms with van der Waals surface area (Å²) in [5.41, 5.74) is 7.35. The molecule has 5 rings (SSSR count). The molecule has 0 saturated heterocycles. The van der Waals surface area contributed by atoms with E-state index in [0.717, 1.165) is 34.1 Å². The van der Waals surface area contributed by atoms with Crippen LogP contribution in [0.1, 0.15) is 11.1 Å². The second kappa shape index (κ2) is 12.9. The van der Waals surface area contributed by atoms with Crippen LogP contribution in [0.2, 0.25) is 0 Å². The minimum Gasteiger partial charge on any atom is -0.454 e. The predicted molar refractivity (Wildman–Crippen MR) is 139 cm³/mol. The topological polar surface area (TPSA) is 156 Å². The molecule has 0 aliphatic carbocycles. The van der Waals surface area contributed by atoms with Crippen molar-refractivity contribution in [3.63, 3.8) is 0 Å². The molecule has 38 heavy (non-hydrogen) atoms. The molecule has 13 heteroatoms. The van der Waals surface area contributed by atoms with Crippen LogP contribution in [0.4, 0.5) is 17.8 Å². The van der Waals surface area contributed by atoms with Gasteiger partial charge in [-0.1, -0.05) is 18.2 Å². The first-order valence-electron chi connectivity index (χ1n) is 12.4. The number of benzene rings is 2. The van der Waals surface area contributed by atoms with Crippen molar-refractivity contribution in [2.24, 2.45) is 5.73 Å². The molecule has 3 aromatic rings. The number of rotatable bonds is 15. The van der Waals surface area contributed by atoms with E-state index < -0.39 is 0 Å². The summed E-state index contributed by atoms with van der Waals surface area (Å²) in [6.45, 7) is 4.37. The lowest BCUT2D eigenvalue weighted by molar-refractivity contribution is 0.0547. The van der Waals surface area contributed by atoms with Crippen LogP contribution in [0.5, 0.6) is 23.0 Å². The summed E-state index contributed by atoms with van der Waals surface area (Å²) in [6, 6.07) is 11.5. The minimum absolute atomic E-state index is 0.210. The maximum Gasteiger partial charge on any atom is 0.231 e. The number of fused-ring (bicyclic) bond motifs is 2. The number of ether oxygens (including phenoxy) is 6. The summed E-state index contributed by atoms with van der Waals surface area (Å²) in [5.74, 6) is 4.14. The van der Waals surface area contributed by atoms with Gasteiger partial charge in [0.25, 0.3) is 0 Å². The zero-order valence-electron chi connectivity index (χ0n) is 20.9. The van der Waals surface area contributed by atoms with E-state index in [1.807, 2.05) is 36.4 Å². The molecule has 0 saturated carbocycles. The number of anilines is 3. The number of aromatic nitrogens is 3. The smallest absolute Gasteiger partial charge is 0.231 e. The van der Waals surface area contributed by atoms with Crippen LogP contribution in [-0.2, 0) is 22.6 Å². The van der Waals surface area contributed by atoms with Crippen molar-refractivity contribution in [1.29, 1.82) is 0 Å². The number of nitrogens with zero attached hydrogens (tertiary/aromatic N) is 3. The summed E-state index contributed by atoms with van der Waals surface area (Å²) >= 11 is 0. The van der Waals surface area contributed by atoms with Gasteiger partial charge in [-0.15, -0.1) is 0 Å². The van der Waals surface area contributed by atoms with Gasteiger partial charge in [0.15, 0.2) is 23.0 Å². The lowest BCUT2D eigenvalue weighted by atomic mass is 10.2. The fourth-order valence-electron chi connectivity index (χ4n) is 3.79. The van der Waals surface area contributed by atoms with Gasteiger partial charge in [0, 0.05) is 31.7 Å². The molecule has 2 aromatic carbocycles. The van der Waals surface area contributed by atoms with Gasteiger partial charge in [-0.25, -0.2) is 0 Å². The van der Waals surface area contributed by atoms with Crippen LogP contribution < -0.4 is 40.6 Å².